The number of nitrogens with two attached hydrogens (primary N) is 2. The maximum absolute atomic E-state index is 5.40. The second-order valence-corrected chi connectivity index (χ2v) is 2.08. The van der Waals surface area contributed by atoms with Crippen molar-refractivity contribution in [2.24, 2.45) is 22.5 Å². The molecule has 0 atom stereocenters. The molecular formula is C6H16N3NaO. The first-order valence-corrected chi connectivity index (χ1v) is 3.24. The minimum absolute atomic E-state index is 0. The van der Waals surface area contributed by atoms with Gasteiger partial charge in [0.25, 0.3) is 0 Å². The zero-order chi connectivity index (χ0) is 7.98. The van der Waals surface area contributed by atoms with Gasteiger partial charge in [-0.05, 0) is 6.92 Å². The number of hydrogen-bond donors (Lipinski definition) is 2. The molecule has 4 nitrogen and oxygen atoms in total. The Labute approximate surface area is 91.1 Å². The van der Waals surface area contributed by atoms with Crippen molar-refractivity contribution in [3.8, 4) is 0 Å². The van der Waals surface area contributed by atoms with Crippen molar-refractivity contribution in [2.45, 2.75) is 6.92 Å². The second-order valence-electron chi connectivity index (χ2n) is 2.08. The van der Waals surface area contributed by atoms with E-state index in [0.29, 0.717) is 13.1 Å². The number of nitrogens with zero attached hydrogens (tertiary/aromatic N) is 1. The number of hydrogen-bond acceptors (Lipinski definition) is 4. The molecule has 0 aliphatic carbocycles. The van der Waals surface area contributed by atoms with E-state index in [1.165, 1.54) is 7.11 Å². The van der Waals surface area contributed by atoms with Crippen LogP contribution < -0.4 is 41.0 Å². The van der Waals surface area contributed by atoms with Crippen LogP contribution in [0.3, 0.4) is 0 Å². The van der Waals surface area contributed by atoms with Crippen LogP contribution in [0.4, 0.5) is 0 Å². The van der Waals surface area contributed by atoms with E-state index in [1.807, 2.05) is 6.92 Å². The Morgan fingerprint density at radius 1 is 1.55 bits per heavy atom. The van der Waals surface area contributed by atoms with E-state index in [4.69, 9.17) is 11.5 Å². The van der Waals surface area contributed by atoms with Gasteiger partial charge >= 0.3 is 29.6 Å². The first-order valence-electron chi connectivity index (χ1n) is 3.24. The molecule has 0 aliphatic heterocycles. The van der Waals surface area contributed by atoms with Crippen LogP contribution in [0.15, 0.2) is 5.16 Å². The van der Waals surface area contributed by atoms with Crippen LogP contribution in [-0.2, 0) is 4.84 Å². The molecule has 0 unspecified atom stereocenters. The predicted molar refractivity (Wildman–Crippen MR) is 42.8 cm³/mol. The molecule has 0 amide bonds. The Hall–Kier alpha value is 0.390. The normalized spacial score (nSPS) is 11.2. The Balaban J connectivity index is -0.000000405. The SMILES string of the molecule is CON=C(C)C(CN)CN.[H-].[Na+]. The summed E-state index contributed by atoms with van der Waals surface area (Å²) in [6.07, 6.45) is 0. The van der Waals surface area contributed by atoms with Crippen molar-refractivity contribution in [3.63, 3.8) is 0 Å². The fourth-order valence-electron chi connectivity index (χ4n) is 0.656. The zero-order valence-electron chi connectivity index (χ0n) is 8.50. The molecule has 0 aromatic rings. The summed E-state index contributed by atoms with van der Waals surface area (Å²) < 4.78 is 0. The van der Waals surface area contributed by atoms with E-state index in [1.54, 1.807) is 0 Å². The van der Waals surface area contributed by atoms with E-state index >= 15 is 0 Å². The fourth-order valence-corrected chi connectivity index (χ4v) is 0.656. The van der Waals surface area contributed by atoms with Crippen molar-refractivity contribution in [3.05, 3.63) is 0 Å². The van der Waals surface area contributed by atoms with Gasteiger partial charge in [0.2, 0.25) is 0 Å². The van der Waals surface area contributed by atoms with Gasteiger partial charge in [-0.2, -0.15) is 0 Å². The average molecular weight is 169 g/mol. The van der Waals surface area contributed by atoms with Gasteiger partial charge in [-0.15, -0.1) is 0 Å². The molecule has 11 heavy (non-hydrogen) atoms. The quantitative estimate of drug-likeness (QED) is 0.262. The minimum atomic E-state index is 0. The van der Waals surface area contributed by atoms with Crippen molar-refractivity contribution in [1.29, 1.82) is 0 Å². The molecule has 0 fully saturated rings. The summed E-state index contributed by atoms with van der Waals surface area (Å²) in [7, 11) is 1.51. The van der Waals surface area contributed by atoms with Gasteiger partial charge in [-0.25, -0.2) is 0 Å². The number of rotatable bonds is 4. The summed E-state index contributed by atoms with van der Waals surface area (Å²) in [5, 5.41) is 3.72. The predicted octanol–water partition coefficient (Wildman–Crippen LogP) is -3.34. The van der Waals surface area contributed by atoms with Crippen LogP contribution in [0.5, 0.6) is 0 Å². The van der Waals surface area contributed by atoms with Crippen molar-refractivity contribution >= 4 is 5.71 Å². The molecule has 4 N–H and O–H groups in total. The molecule has 0 rings (SSSR count). The smallest absolute Gasteiger partial charge is 1.00 e. The monoisotopic (exact) mass is 169 g/mol. The van der Waals surface area contributed by atoms with Crippen LogP contribution in [-0.4, -0.2) is 25.9 Å². The summed E-state index contributed by atoms with van der Waals surface area (Å²) in [4.78, 5) is 4.57. The van der Waals surface area contributed by atoms with Gasteiger partial charge in [-0.3, -0.25) is 0 Å². The fraction of sp³-hybridized carbons (Fsp3) is 0.833. The number of oxime groups is 1. The third-order valence-electron chi connectivity index (χ3n) is 1.40. The molecule has 0 aromatic heterocycles. The molecule has 0 saturated carbocycles. The van der Waals surface area contributed by atoms with E-state index < -0.39 is 0 Å². The third kappa shape index (κ3) is 5.64. The summed E-state index contributed by atoms with van der Waals surface area (Å²) in [5.41, 5.74) is 11.7. The van der Waals surface area contributed by atoms with E-state index in [-0.39, 0.29) is 36.9 Å². The second kappa shape index (κ2) is 8.49. The van der Waals surface area contributed by atoms with E-state index in [0.717, 1.165) is 5.71 Å². The third-order valence-corrected chi connectivity index (χ3v) is 1.40. The van der Waals surface area contributed by atoms with Crippen molar-refractivity contribution in [2.75, 3.05) is 20.2 Å². The summed E-state index contributed by atoms with van der Waals surface area (Å²) in [6.45, 7) is 2.90. The zero-order valence-corrected chi connectivity index (χ0v) is 9.50. The summed E-state index contributed by atoms with van der Waals surface area (Å²) in [5.74, 6) is 0.153. The Kier molecular flexibility index (Phi) is 10.8. The van der Waals surface area contributed by atoms with Crippen LogP contribution in [0.2, 0.25) is 0 Å². The summed E-state index contributed by atoms with van der Waals surface area (Å²) >= 11 is 0. The molecule has 62 valence electrons. The largest absolute Gasteiger partial charge is 1.00 e. The van der Waals surface area contributed by atoms with Crippen LogP contribution in [0.1, 0.15) is 8.35 Å². The van der Waals surface area contributed by atoms with Gasteiger partial charge in [0, 0.05) is 19.0 Å². The van der Waals surface area contributed by atoms with Crippen molar-refractivity contribution in [1.82, 2.24) is 0 Å². The molecular weight excluding hydrogens is 153 g/mol. The summed E-state index contributed by atoms with van der Waals surface area (Å²) in [6, 6.07) is 0. The van der Waals surface area contributed by atoms with E-state index in [9.17, 15) is 0 Å². The Morgan fingerprint density at radius 3 is 2.27 bits per heavy atom. The molecule has 0 heterocycles. The van der Waals surface area contributed by atoms with Gasteiger partial charge in [0.05, 0.1) is 5.71 Å². The molecule has 0 saturated heterocycles. The van der Waals surface area contributed by atoms with Crippen LogP contribution in [0.25, 0.3) is 0 Å². The molecule has 0 radical (unpaired) electrons. The Bertz CT molecular complexity index is 119. The van der Waals surface area contributed by atoms with Crippen molar-refractivity contribution < 1.29 is 35.8 Å². The molecule has 0 aromatic carbocycles. The van der Waals surface area contributed by atoms with Gasteiger partial charge in [0.1, 0.15) is 7.11 Å². The average Bonchev–Trinajstić information content (AvgIpc) is 1.91. The maximum Gasteiger partial charge on any atom is 1.00 e. The van der Waals surface area contributed by atoms with E-state index in [2.05, 4.69) is 9.99 Å². The first-order chi connectivity index (χ1) is 4.76. The molecule has 0 aliphatic rings. The van der Waals surface area contributed by atoms with Gasteiger partial charge in [0.15, 0.2) is 0 Å². The van der Waals surface area contributed by atoms with Gasteiger partial charge < -0.3 is 17.7 Å². The Morgan fingerprint density at radius 2 is 2.00 bits per heavy atom. The molecule has 0 spiro atoms. The molecule has 5 heteroatoms. The van der Waals surface area contributed by atoms with Crippen LogP contribution >= 0.6 is 0 Å². The van der Waals surface area contributed by atoms with Crippen LogP contribution in [0, 0.1) is 5.92 Å². The van der Waals surface area contributed by atoms with Gasteiger partial charge in [-0.1, -0.05) is 5.16 Å². The molecule has 0 bridgehead atoms. The standard InChI is InChI=1S/C6H15N3O.Na.H/c1-5(9-10-2)6(3-7)4-8;;/h6H,3-4,7-8H2,1-2H3;;/q;+1;-1. The first kappa shape index (κ1) is 13.9. The minimum Gasteiger partial charge on any atom is -1.00 e. The topological polar surface area (TPSA) is 73.6 Å². The maximum atomic E-state index is 5.40.